The lowest BCUT2D eigenvalue weighted by Gasteiger charge is -2.43. The van der Waals surface area contributed by atoms with Crippen LogP contribution in [0.15, 0.2) is 94.6 Å². The van der Waals surface area contributed by atoms with Crippen LogP contribution in [0.1, 0.15) is 48.3 Å². The highest BCUT2D eigenvalue weighted by molar-refractivity contribution is 7.92. The fourth-order valence-electron chi connectivity index (χ4n) is 6.11. The van der Waals surface area contributed by atoms with Crippen molar-refractivity contribution >= 4 is 21.6 Å². The minimum Gasteiger partial charge on any atom is -0.349 e. The molecule has 0 saturated carbocycles. The Bertz CT molecular complexity index is 1750. The number of anilines is 1. The zero-order valence-corrected chi connectivity index (χ0v) is 26.1. The number of nitrogens with zero attached hydrogens (tertiary/aromatic N) is 4. The Morgan fingerprint density at radius 2 is 1.53 bits per heavy atom. The molecular formula is C33H39N5O4S. The van der Waals surface area contributed by atoms with Crippen molar-refractivity contribution in [1.29, 1.82) is 0 Å². The summed E-state index contributed by atoms with van der Waals surface area (Å²) in [6.07, 6.45) is 1.59. The molecule has 9 nitrogen and oxygen atoms in total. The van der Waals surface area contributed by atoms with Crippen LogP contribution < -0.4 is 15.2 Å². The number of sulfonamides is 1. The number of likely N-dealkylation sites (tertiary alicyclic amines) is 1. The molecule has 0 bridgehead atoms. The first kappa shape index (κ1) is 30.3. The molecule has 0 spiro atoms. The van der Waals surface area contributed by atoms with Gasteiger partial charge in [-0.1, -0.05) is 54.6 Å². The van der Waals surface area contributed by atoms with E-state index in [9.17, 15) is 18.0 Å². The van der Waals surface area contributed by atoms with Crippen LogP contribution in [0.25, 0.3) is 5.69 Å². The van der Waals surface area contributed by atoms with Gasteiger partial charge in [0, 0.05) is 44.3 Å². The van der Waals surface area contributed by atoms with Crippen LogP contribution in [0, 0.1) is 6.92 Å². The first-order chi connectivity index (χ1) is 20.5. The summed E-state index contributed by atoms with van der Waals surface area (Å²) in [6, 6.07) is 25.9. The molecule has 0 aliphatic carbocycles. The van der Waals surface area contributed by atoms with Crippen LogP contribution in [0.3, 0.4) is 0 Å². The molecular weight excluding hydrogens is 562 g/mol. The van der Waals surface area contributed by atoms with Gasteiger partial charge in [0.1, 0.15) is 5.69 Å². The standard InChI is InChI=1S/C33H39N5O4S/c1-23-19-28(20-24(2)37(23)22-26-13-8-6-9-14-26)34-32(39)27-15-12-18-30(21-27)43(41,42)36(5)31-25(3)35(4)38(33(31)40)29-16-10-7-11-17-29/h6-18,21,23-24,28H,19-20,22H2,1-5H3,(H,34,39)/t23-,24+,28?. The molecule has 3 atom stereocenters. The zero-order valence-electron chi connectivity index (χ0n) is 25.3. The Morgan fingerprint density at radius 3 is 2.16 bits per heavy atom. The van der Waals surface area contributed by atoms with Gasteiger partial charge in [0.15, 0.2) is 0 Å². The van der Waals surface area contributed by atoms with Crippen molar-refractivity contribution < 1.29 is 13.2 Å². The fraction of sp³-hybridized carbons (Fsp3) is 0.333. The lowest BCUT2D eigenvalue weighted by molar-refractivity contribution is 0.0672. The van der Waals surface area contributed by atoms with Gasteiger partial charge < -0.3 is 5.32 Å². The number of amides is 1. The van der Waals surface area contributed by atoms with E-state index in [1.807, 2.05) is 36.4 Å². The summed E-state index contributed by atoms with van der Waals surface area (Å²) in [4.78, 5) is 29.2. The topological polar surface area (TPSA) is 96.7 Å². The van der Waals surface area contributed by atoms with Crippen molar-refractivity contribution in [1.82, 2.24) is 19.6 Å². The highest BCUT2D eigenvalue weighted by Gasteiger charge is 2.33. The van der Waals surface area contributed by atoms with E-state index in [1.165, 1.54) is 29.4 Å². The number of para-hydroxylation sites is 1. The van der Waals surface area contributed by atoms with Crippen molar-refractivity contribution in [2.75, 3.05) is 11.4 Å². The second kappa shape index (κ2) is 12.2. The minimum atomic E-state index is -4.15. The van der Waals surface area contributed by atoms with Crippen molar-refractivity contribution in [3.05, 3.63) is 112 Å². The van der Waals surface area contributed by atoms with Gasteiger partial charge >= 0.3 is 0 Å². The molecule has 1 amide bonds. The van der Waals surface area contributed by atoms with E-state index >= 15 is 0 Å². The van der Waals surface area contributed by atoms with Crippen LogP contribution in [0.2, 0.25) is 0 Å². The summed E-state index contributed by atoms with van der Waals surface area (Å²) < 4.78 is 31.6. The number of carbonyl (C=O) groups is 1. The number of carbonyl (C=O) groups excluding carboxylic acids is 1. The lowest BCUT2D eigenvalue weighted by atomic mass is 9.92. The normalized spacial score (nSPS) is 19.2. The Labute approximate surface area is 253 Å². The number of hydrogen-bond acceptors (Lipinski definition) is 5. The lowest BCUT2D eigenvalue weighted by Crippen LogP contribution is -2.52. The number of rotatable bonds is 8. The first-order valence-corrected chi connectivity index (χ1v) is 16.0. The summed E-state index contributed by atoms with van der Waals surface area (Å²) in [5.41, 5.74) is 2.24. The molecule has 1 unspecified atom stereocenters. The molecule has 0 radical (unpaired) electrons. The molecule has 1 aliphatic heterocycles. The van der Waals surface area contributed by atoms with Crippen molar-refractivity contribution in [3.8, 4) is 5.69 Å². The largest absolute Gasteiger partial charge is 0.349 e. The third-order valence-electron chi connectivity index (χ3n) is 8.52. The molecule has 1 N–H and O–H groups in total. The number of benzene rings is 3. The molecule has 10 heteroatoms. The van der Waals surface area contributed by atoms with E-state index in [0.717, 1.165) is 23.7 Å². The van der Waals surface area contributed by atoms with E-state index in [0.29, 0.717) is 11.4 Å². The van der Waals surface area contributed by atoms with Gasteiger partial charge in [0.2, 0.25) is 0 Å². The maximum absolute atomic E-state index is 13.8. The van der Waals surface area contributed by atoms with Crippen molar-refractivity contribution in [2.24, 2.45) is 7.05 Å². The second-order valence-corrected chi connectivity index (χ2v) is 13.4. The van der Waals surface area contributed by atoms with Gasteiger partial charge in [0.05, 0.1) is 16.3 Å². The Kier molecular flexibility index (Phi) is 8.62. The summed E-state index contributed by atoms with van der Waals surface area (Å²) in [5, 5.41) is 3.14. The monoisotopic (exact) mass is 601 g/mol. The molecule has 3 aromatic carbocycles. The third-order valence-corrected chi connectivity index (χ3v) is 10.3. The van der Waals surface area contributed by atoms with E-state index in [4.69, 9.17) is 0 Å². The molecule has 4 aromatic rings. The summed E-state index contributed by atoms with van der Waals surface area (Å²) in [7, 11) is -1.06. The van der Waals surface area contributed by atoms with Crippen molar-refractivity contribution in [2.45, 2.75) is 63.2 Å². The average molecular weight is 602 g/mol. The van der Waals surface area contributed by atoms with Gasteiger partial charge in [-0.2, -0.15) is 0 Å². The summed E-state index contributed by atoms with van der Waals surface area (Å²) >= 11 is 0. The fourth-order valence-corrected chi connectivity index (χ4v) is 7.40. The van der Waals surface area contributed by atoms with Crippen LogP contribution in [-0.4, -0.2) is 53.8 Å². The van der Waals surface area contributed by atoms with Gasteiger partial charge in [0.25, 0.3) is 21.5 Å². The number of nitrogens with one attached hydrogen (secondary N) is 1. The van der Waals surface area contributed by atoms with Crippen LogP contribution in [0.4, 0.5) is 5.69 Å². The first-order valence-electron chi connectivity index (χ1n) is 14.5. The van der Waals surface area contributed by atoms with Gasteiger partial charge in [-0.15, -0.1) is 0 Å². The van der Waals surface area contributed by atoms with Gasteiger partial charge in [-0.3, -0.25) is 23.5 Å². The zero-order chi connectivity index (χ0) is 30.9. The van der Waals surface area contributed by atoms with E-state index in [2.05, 4.69) is 36.2 Å². The molecule has 5 rings (SSSR count). The quantitative estimate of drug-likeness (QED) is 0.321. The predicted molar refractivity (Wildman–Crippen MR) is 169 cm³/mol. The van der Waals surface area contributed by atoms with Crippen LogP contribution in [-0.2, 0) is 23.6 Å². The average Bonchev–Trinajstić information content (AvgIpc) is 3.22. The molecule has 226 valence electrons. The number of piperidine rings is 1. The Hall–Kier alpha value is -4.15. The highest BCUT2D eigenvalue weighted by Crippen LogP contribution is 2.27. The Morgan fingerprint density at radius 1 is 0.930 bits per heavy atom. The van der Waals surface area contributed by atoms with Crippen molar-refractivity contribution in [3.63, 3.8) is 0 Å². The van der Waals surface area contributed by atoms with E-state index in [1.54, 1.807) is 42.9 Å². The number of aromatic nitrogens is 2. The maximum atomic E-state index is 13.8. The molecule has 1 aliphatic rings. The third kappa shape index (κ3) is 6.03. The molecule has 1 aromatic heterocycles. The molecule has 2 heterocycles. The second-order valence-electron chi connectivity index (χ2n) is 11.4. The van der Waals surface area contributed by atoms with Gasteiger partial charge in [-0.25, -0.2) is 13.1 Å². The molecule has 43 heavy (non-hydrogen) atoms. The minimum absolute atomic E-state index is 0.0316. The van der Waals surface area contributed by atoms with E-state index < -0.39 is 15.6 Å². The summed E-state index contributed by atoms with van der Waals surface area (Å²) in [5.74, 6) is -0.317. The molecule has 1 saturated heterocycles. The van der Waals surface area contributed by atoms with Crippen LogP contribution >= 0.6 is 0 Å². The SMILES string of the molecule is Cc1c(N(C)S(=O)(=O)c2cccc(C(=O)NC3C[C@@H](C)N(Cc4ccccc4)[C@@H](C)C3)c2)c(=O)n(-c2ccccc2)n1C. The smallest absolute Gasteiger partial charge is 0.296 e. The number of hydrogen-bond donors (Lipinski definition) is 1. The Balaban J connectivity index is 1.32. The van der Waals surface area contributed by atoms with Crippen LogP contribution in [0.5, 0.6) is 0 Å². The molecule has 1 fully saturated rings. The van der Waals surface area contributed by atoms with Gasteiger partial charge in [-0.05, 0) is 69.5 Å². The predicted octanol–water partition coefficient (Wildman–Crippen LogP) is 4.48. The highest BCUT2D eigenvalue weighted by atomic mass is 32.2. The maximum Gasteiger partial charge on any atom is 0.296 e. The van der Waals surface area contributed by atoms with E-state index in [-0.39, 0.29) is 40.2 Å². The summed E-state index contributed by atoms with van der Waals surface area (Å²) in [6.45, 7) is 6.92.